The molecule has 20 heavy (non-hydrogen) atoms. The Balaban J connectivity index is 1.94. The molecule has 1 unspecified atom stereocenters. The van der Waals surface area contributed by atoms with Crippen LogP contribution in [0.5, 0.6) is 0 Å². The summed E-state index contributed by atoms with van der Waals surface area (Å²) in [7, 11) is 0. The average Bonchev–Trinajstić information content (AvgIpc) is 3.01. The molecule has 2 atom stereocenters. The Morgan fingerprint density at radius 1 is 1.10 bits per heavy atom. The molecule has 112 valence electrons. The fourth-order valence-electron chi connectivity index (χ4n) is 3.54. The van der Waals surface area contributed by atoms with E-state index in [1.807, 2.05) is 0 Å². The lowest BCUT2D eigenvalue weighted by Gasteiger charge is -2.27. The molecule has 0 saturated heterocycles. The zero-order valence-electron chi connectivity index (χ0n) is 13.3. The van der Waals surface area contributed by atoms with Gasteiger partial charge in [0.25, 0.3) is 0 Å². The van der Waals surface area contributed by atoms with Gasteiger partial charge in [-0.25, -0.2) is 0 Å². The molecular formula is C19H31N. The quantitative estimate of drug-likeness (QED) is 0.619. The van der Waals surface area contributed by atoms with Crippen molar-refractivity contribution < 1.29 is 0 Å². The van der Waals surface area contributed by atoms with E-state index in [2.05, 4.69) is 49.5 Å². The highest BCUT2D eigenvalue weighted by Gasteiger charge is 2.23. The molecule has 1 aliphatic rings. The Kier molecular flexibility index (Phi) is 6.59. The van der Waals surface area contributed by atoms with Gasteiger partial charge in [-0.3, -0.25) is 0 Å². The van der Waals surface area contributed by atoms with Gasteiger partial charge in [0, 0.05) is 12.1 Å². The Hall–Kier alpha value is -0.820. The lowest BCUT2D eigenvalue weighted by atomic mass is 9.95. The lowest BCUT2D eigenvalue weighted by Crippen LogP contribution is -2.35. The summed E-state index contributed by atoms with van der Waals surface area (Å²) in [5.74, 6) is 0.896. The molecule has 1 fully saturated rings. The molecule has 1 nitrogen and oxygen atoms in total. The molecular weight excluding hydrogens is 242 g/mol. The second-order valence-electron chi connectivity index (χ2n) is 6.46. The highest BCUT2D eigenvalue weighted by atomic mass is 15.0. The molecule has 0 amide bonds. The van der Waals surface area contributed by atoms with Crippen LogP contribution in [0.25, 0.3) is 0 Å². The standard InChI is InChI=1S/C19H31N/c1-3-4-6-15-19(18-13-7-5-8-14-18)20-16(2)17-11-9-10-12-17/h5,7-8,13-14,16-17,19-20H,3-4,6,9-12,15H2,1-2H3/t16-,19?/m1/s1. The minimum absolute atomic E-state index is 0.540. The van der Waals surface area contributed by atoms with Crippen molar-refractivity contribution in [1.82, 2.24) is 5.32 Å². The Morgan fingerprint density at radius 2 is 1.80 bits per heavy atom. The van der Waals surface area contributed by atoms with E-state index >= 15 is 0 Å². The third kappa shape index (κ3) is 4.63. The smallest absolute Gasteiger partial charge is 0.0322 e. The third-order valence-electron chi connectivity index (χ3n) is 4.87. The van der Waals surface area contributed by atoms with E-state index in [4.69, 9.17) is 0 Å². The maximum Gasteiger partial charge on any atom is 0.0322 e. The molecule has 0 aliphatic heterocycles. The van der Waals surface area contributed by atoms with E-state index in [0.29, 0.717) is 12.1 Å². The molecule has 0 aromatic heterocycles. The second kappa shape index (κ2) is 8.46. The number of hydrogen-bond donors (Lipinski definition) is 1. The van der Waals surface area contributed by atoms with Crippen LogP contribution >= 0.6 is 0 Å². The summed E-state index contributed by atoms with van der Waals surface area (Å²) in [6.45, 7) is 4.68. The molecule has 1 aromatic rings. The fourth-order valence-corrected chi connectivity index (χ4v) is 3.54. The maximum absolute atomic E-state index is 3.93. The highest BCUT2D eigenvalue weighted by Crippen LogP contribution is 2.30. The summed E-state index contributed by atoms with van der Waals surface area (Å²) in [5.41, 5.74) is 1.47. The number of benzene rings is 1. The summed E-state index contributed by atoms with van der Waals surface area (Å²) in [4.78, 5) is 0. The van der Waals surface area contributed by atoms with Crippen molar-refractivity contribution >= 4 is 0 Å². The number of rotatable bonds is 8. The second-order valence-corrected chi connectivity index (χ2v) is 6.46. The third-order valence-corrected chi connectivity index (χ3v) is 4.87. The summed E-state index contributed by atoms with van der Waals surface area (Å²) in [5, 5.41) is 3.93. The van der Waals surface area contributed by atoms with Gasteiger partial charge in [-0.15, -0.1) is 0 Å². The lowest BCUT2D eigenvalue weighted by molar-refractivity contribution is 0.330. The van der Waals surface area contributed by atoms with Gasteiger partial charge in [-0.2, -0.15) is 0 Å². The zero-order chi connectivity index (χ0) is 14.2. The Morgan fingerprint density at radius 3 is 2.45 bits per heavy atom. The van der Waals surface area contributed by atoms with Gasteiger partial charge in [0.15, 0.2) is 0 Å². The van der Waals surface area contributed by atoms with E-state index in [-0.39, 0.29) is 0 Å². The molecule has 1 N–H and O–H groups in total. The van der Waals surface area contributed by atoms with Gasteiger partial charge in [-0.05, 0) is 37.7 Å². The van der Waals surface area contributed by atoms with Gasteiger partial charge >= 0.3 is 0 Å². The van der Waals surface area contributed by atoms with Gasteiger partial charge in [0.2, 0.25) is 0 Å². The van der Waals surface area contributed by atoms with Gasteiger partial charge < -0.3 is 5.32 Å². The molecule has 1 aromatic carbocycles. The van der Waals surface area contributed by atoms with E-state index in [1.54, 1.807) is 0 Å². The van der Waals surface area contributed by atoms with E-state index in [9.17, 15) is 0 Å². The highest BCUT2D eigenvalue weighted by molar-refractivity contribution is 5.19. The van der Waals surface area contributed by atoms with Crippen molar-refractivity contribution in [1.29, 1.82) is 0 Å². The SMILES string of the molecule is CCCCCC(N[C@H](C)C1CCCC1)c1ccccc1. The van der Waals surface area contributed by atoms with Gasteiger partial charge in [0.05, 0.1) is 0 Å². The van der Waals surface area contributed by atoms with Crippen LogP contribution in [0.4, 0.5) is 0 Å². The molecule has 0 radical (unpaired) electrons. The number of unbranched alkanes of at least 4 members (excludes halogenated alkanes) is 2. The molecule has 1 saturated carbocycles. The van der Waals surface area contributed by atoms with Crippen molar-refractivity contribution in [3.05, 3.63) is 35.9 Å². The molecule has 1 aliphatic carbocycles. The van der Waals surface area contributed by atoms with Crippen LogP contribution in [0, 0.1) is 5.92 Å². The number of nitrogens with one attached hydrogen (secondary N) is 1. The van der Waals surface area contributed by atoms with E-state index in [0.717, 1.165) is 5.92 Å². The van der Waals surface area contributed by atoms with Crippen LogP contribution in [0.15, 0.2) is 30.3 Å². The fraction of sp³-hybridized carbons (Fsp3) is 0.684. The first kappa shape index (κ1) is 15.6. The van der Waals surface area contributed by atoms with Crippen molar-refractivity contribution in [2.24, 2.45) is 5.92 Å². The normalized spacial score (nSPS) is 19.1. The summed E-state index contributed by atoms with van der Waals surface area (Å²) in [6, 6.07) is 12.2. The van der Waals surface area contributed by atoms with Crippen molar-refractivity contribution in [3.63, 3.8) is 0 Å². The maximum atomic E-state index is 3.93. The van der Waals surface area contributed by atoms with Gasteiger partial charge in [0.1, 0.15) is 0 Å². The van der Waals surface area contributed by atoms with E-state index in [1.165, 1.54) is 56.9 Å². The minimum Gasteiger partial charge on any atom is -0.307 e. The minimum atomic E-state index is 0.540. The van der Waals surface area contributed by atoms with Crippen LogP contribution in [0.2, 0.25) is 0 Å². The molecule has 0 heterocycles. The van der Waals surface area contributed by atoms with Crippen LogP contribution < -0.4 is 5.32 Å². The van der Waals surface area contributed by atoms with Gasteiger partial charge in [-0.1, -0.05) is 69.4 Å². The van der Waals surface area contributed by atoms with Crippen molar-refractivity contribution in [2.45, 2.75) is 77.3 Å². The first-order valence-corrected chi connectivity index (χ1v) is 8.62. The van der Waals surface area contributed by atoms with Crippen molar-refractivity contribution in [2.75, 3.05) is 0 Å². The molecule has 1 heteroatoms. The van der Waals surface area contributed by atoms with E-state index < -0.39 is 0 Å². The van der Waals surface area contributed by atoms with Crippen LogP contribution in [0.3, 0.4) is 0 Å². The number of hydrogen-bond acceptors (Lipinski definition) is 1. The Bertz CT molecular complexity index is 353. The first-order chi connectivity index (χ1) is 9.81. The van der Waals surface area contributed by atoms with Crippen LogP contribution in [0.1, 0.15) is 76.8 Å². The van der Waals surface area contributed by atoms with Crippen LogP contribution in [-0.4, -0.2) is 6.04 Å². The van der Waals surface area contributed by atoms with Crippen LogP contribution in [-0.2, 0) is 0 Å². The molecule has 0 spiro atoms. The molecule has 2 rings (SSSR count). The summed E-state index contributed by atoms with van der Waals surface area (Å²) >= 11 is 0. The predicted octanol–water partition coefficient (Wildman–Crippen LogP) is 5.48. The monoisotopic (exact) mass is 273 g/mol. The largest absolute Gasteiger partial charge is 0.307 e. The Labute approximate surface area is 125 Å². The first-order valence-electron chi connectivity index (χ1n) is 8.62. The zero-order valence-corrected chi connectivity index (χ0v) is 13.3. The summed E-state index contributed by atoms with van der Waals surface area (Å²) in [6.07, 6.45) is 11.0. The average molecular weight is 273 g/mol. The molecule has 0 bridgehead atoms. The topological polar surface area (TPSA) is 12.0 Å². The van der Waals surface area contributed by atoms with Crippen molar-refractivity contribution in [3.8, 4) is 0 Å². The summed E-state index contributed by atoms with van der Waals surface area (Å²) < 4.78 is 0. The predicted molar refractivity (Wildman–Crippen MR) is 87.9 cm³/mol.